The third-order valence-electron chi connectivity index (χ3n) is 7.15. The van der Waals surface area contributed by atoms with Gasteiger partial charge in [0.05, 0.1) is 12.6 Å². The molecule has 0 bridgehead atoms. The van der Waals surface area contributed by atoms with Crippen LogP contribution in [0.25, 0.3) is 0 Å². The maximum Gasteiger partial charge on any atom is 0.243 e. The Balaban J connectivity index is 1.33. The highest BCUT2D eigenvalue weighted by molar-refractivity contribution is 5.88. The number of piperazine rings is 1. The molecule has 1 saturated heterocycles. The number of nitrogens with zero attached hydrogens (tertiary/aromatic N) is 2. The predicted molar refractivity (Wildman–Crippen MR) is 116 cm³/mol. The average Bonchev–Trinajstić information content (AvgIpc) is 3.23. The molecule has 1 saturated carbocycles. The van der Waals surface area contributed by atoms with Crippen LogP contribution in [0.3, 0.4) is 0 Å². The lowest BCUT2D eigenvalue weighted by Gasteiger charge is -2.45. The van der Waals surface area contributed by atoms with Crippen LogP contribution < -0.4 is 10.6 Å². The number of benzene rings is 1. The summed E-state index contributed by atoms with van der Waals surface area (Å²) in [6, 6.07) is 3.01. The summed E-state index contributed by atoms with van der Waals surface area (Å²) in [6.07, 6.45) is 4.25. The maximum absolute atomic E-state index is 14.1. The van der Waals surface area contributed by atoms with Crippen molar-refractivity contribution in [2.75, 3.05) is 31.6 Å². The molecular formula is C23H33FN4O3. The van der Waals surface area contributed by atoms with Gasteiger partial charge in [-0.3, -0.25) is 14.5 Å². The van der Waals surface area contributed by atoms with Gasteiger partial charge in [0.15, 0.2) is 0 Å². The van der Waals surface area contributed by atoms with E-state index >= 15 is 0 Å². The lowest BCUT2D eigenvalue weighted by atomic mass is 9.89. The van der Waals surface area contributed by atoms with Gasteiger partial charge >= 0.3 is 0 Å². The second-order valence-corrected chi connectivity index (χ2v) is 9.19. The molecule has 2 fully saturated rings. The van der Waals surface area contributed by atoms with Gasteiger partial charge in [-0.25, -0.2) is 4.39 Å². The first-order valence-corrected chi connectivity index (χ1v) is 11.3. The molecule has 1 aromatic carbocycles. The molecule has 8 heteroatoms. The topological polar surface area (TPSA) is 84.9 Å². The average molecular weight is 433 g/mol. The molecule has 4 atom stereocenters. The van der Waals surface area contributed by atoms with E-state index < -0.39 is 6.04 Å². The highest BCUT2D eigenvalue weighted by Crippen LogP contribution is 2.32. The second-order valence-electron chi connectivity index (χ2n) is 9.19. The number of carbonyl (C=O) groups excluding carboxylic acids is 2. The molecule has 31 heavy (non-hydrogen) atoms. The summed E-state index contributed by atoms with van der Waals surface area (Å²) < 4.78 is 14.1. The standard InChI is InChI=1S/C23H33FN4O3/c1-14-6-7-20(24)19-11-21(26-22(14)19)23(31)25-16-4-3-5-17(10-16)27-8-9-28(15(2)30)18(12-27)13-29/h6-7,16-18,21,26,29H,3-5,8-13H2,1-2H3,(H,25,31)/t16-,17?,18+,21?/m1/s1. The van der Waals surface area contributed by atoms with E-state index in [1.54, 1.807) is 17.9 Å². The SMILES string of the molecule is CC(=O)N1CCN(C2CCC[C@@H](NC(=O)C3Cc4c(F)ccc(C)c4N3)C2)C[C@H]1CO. The molecule has 0 aromatic heterocycles. The van der Waals surface area contributed by atoms with E-state index in [0.717, 1.165) is 43.5 Å². The Morgan fingerprint density at radius 3 is 2.81 bits per heavy atom. The zero-order valence-electron chi connectivity index (χ0n) is 18.4. The Morgan fingerprint density at radius 1 is 1.29 bits per heavy atom. The highest BCUT2D eigenvalue weighted by atomic mass is 19.1. The molecule has 3 aliphatic rings. The van der Waals surface area contributed by atoms with Crippen LogP contribution in [-0.4, -0.2) is 77.1 Å². The Hall–Kier alpha value is -2.19. The van der Waals surface area contributed by atoms with Gasteiger partial charge in [-0.1, -0.05) is 6.07 Å². The predicted octanol–water partition coefficient (Wildman–Crippen LogP) is 1.42. The number of nitrogens with one attached hydrogen (secondary N) is 2. The number of amides is 2. The van der Waals surface area contributed by atoms with E-state index in [1.807, 2.05) is 6.92 Å². The van der Waals surface area contributed by atoms with Crippen molar-refractivity contribution in [1.29, 1.82) is 0 Å². The Morgan fingerprint density at radius 2 is 2.10 bits per heavy atom. The summed E-state index contributed by atoms with van der Waals surface area (Å²) in [5.74, 6) is -0.330. The number of hydrogen-bond acceptors (Lipinski definition) is 5. The van der Waals surface area contributed by atoms with E-state index in [9.17, 15) is 19.1 Å². The van der Waals surface area contributed by atoms with E-state index in [0.29, 0.717) is 31.1 Å². The lowest BCUT2D eigenvalue weighted by molar-refractivity contribution is -0.136. The van der Waals surface area contributed by atoms with Gasteiger partial charge in [0, 0.05) is 56.3 Å². The molecule has 0 spiro atoms. The van der Waals surface area contributed by atoms with Crippen molar-refractivity contribution in [2.45, 2.75) is 70.1 Å². The van der Waals surface area contributed by atoms with Gasteiger partial charge in [-0.2, -0.15) is 0 Å². The van der Waals surface area contributed by atoms with E-state index in [4.69, 9.17) is 0 Å². The number of aliphatic hydroxyl groups is 1. The molecule has 4 rings (SSSR count). The number of hydrogen-bond donors (Lipinski definition) is 3. The van der Waals surface area contributed by atoms with Crippen molar-refractivity contribution in [2.24, 2.45) is 0 Å². The molecule has 1 aliphatic carbocycles. The molecule has 3 N–H and O–H groups in total. The van der Waals surface area contributed by atoms with Crippen molar-refractivity contribution >= 4 is 17.5 Å². The molecule has 2 aliphatic heterocycles. The van der Waals surface area contributed by atoms with Gasteiger partial charge in [0.25, 0.3) is 0 Å². The van der Waals surface area contributed by atoms with Crippen LogP contribution in [0.4, 0.5) is 10.1 Å². The number of carbonyl (C=O) groups is 2. The minimum Gasteiger partial charge on any atom is -0.394 e. The van der Waals surface area contributed by atoms with Gasteiger partial charge in [-0.05, 0) is 44.2 Å². The number of fused-ring (bicyclic) bond motifs is 1. The Labute approximate surface area is 183 Å². The summed E-state index contributed by atoms with van der Waals surface area (Å²) in [7, 11) is 0. The highest BCUT2D eigenvalue weighted by Gasteiger charge is 2.36. The summed E-state index contributed by atoms with van der Waals surface area (Å²) in [4.78, 5) is 28.8. The van der Waals surface area contributed by atoms with Crippen molar-refractivity contribution in [3.8, 4) is 0 Å². The second kappa shape index (κ2) is 9.12. The quantitative estimate of drug-likeness (QED) is 0.670. The fraction of sp³-hybridized carbons (Fsp3) is 0.652. The third kappa shape index (κ3) is 4.55. The van der Waals surface area contributed by atoms with E-state index in [-0.39, 0.29) is 36.3 Å². The van der Waals surface area contributed by atoms with Crippen LogP contribution in [0, 0.1) is 12.7 Å². The maximum atomic E-state index is 14.1. The Bertz CT molecular complexity index is 817. The molecule has 0 radical (unpaired) electrons. The number of anilines is 1. The van der Waals surface area contributed by atoms with Gasteiger partial charge in [0.1, 0.15) is 11.9 Å². The molecule has 2 amide bonds. The van der Waals surface area contributed by atoms with E-state index in [1.165, 1.54) is 6.07 Å². The monoisotopic (exact) mass is 432 g/mol. The molecule has 1 aromatic rings. The Kier molecular flexibility index (Phi) is 6.48. The van der Waals surface area contributed by atoms with Crippen LogP contribution in [0.5, 0.6) is 0 Å². The van der Waals surface area contributed by atoms with E-state index in [2.05, 4.69) is 15.5 Å². The first kappa shape index (κ1) is 22.0. The van der Waals surface area contributed by atoms with Crippen molar-refractivity contribution in [3.63, 3.8) is 0 Å². The summed E-state index contributed by atoms with van der Waals surface area (Å²) in [5, 5.41) is 16.1. The van der Waals surface area contributed by atoms with Crippen molar-refractivity contribution < 1.29 is 19.1 Å². The van der Waals surface area contributed by atoms with Crippen LogP contribution >= 0.6 is 0 Å². The fourth-order valence-electron chi connectivity index (χ4n) is 5.44. The summed E-state index contributed by atoms with van der Waals surface area (Å²) in [6.45, 7) is 5.52. The molecule has 2 unspecified atom stereocenters. The van der Waals surface area contributed by atoms with Crippen LogP contribution in [0.15, 0.2) is 12.1 Å². The molecule has 2 heterocycles. The number of aryl methyl sites for hydroxylation is 1. The smallest absolute Gasteiger partial charge is 0.243 e. The molecule has 7 nitrogen and oxygen atoms in total. The summed E-state index contributed by atoms with van der Waals surface area (Å²) >= 11 is 0. The first-order valence-electron chi connectivity index (χ1n) is 11.3. The van der Waals surface area contributed by atoms with Crippen LogP contribution in [0.2, 0.25) is 0 Å². The normalized spacial score (nSPS) is 28.7. The van der Waals surface area contributed by atoms with Crippen LogP contribution in [0.1, 0.15) is 43.7 Å². The van der Waals surface area contributed by atoms with Crippen molar-refractivity contribution in [1.82, 2.24) is 15.1 Å². The zero-order valence-corrected chi connectivity index (χ0v) is 18.4. The lowest BCUT2D eigenvalue weighted by Crippen LogP contribution is -2.59. The first-order chi connectivity index (χ1) is 14.9. The van der Waals surface area contributed by atoms with Crippen LogP contribution in [-0.2, 0) is 16.0 Å². The van der Waals surface area contributed by atoms with Gasteiger partial charge in [0.2, 0.25) is 11.8 Å². The summed E-state index contributed by atoms with van der Waals surface area (Å²) in [5.41, 5.74) is 2.30. The van der Waals surface area contributed by atoms with Crippen molar-refractivity contribution in [3.05, 3.63) is 29.1 Å². The fourth-order valence-corrected chi connectivity index (χ4v) is 5.44. The molecule has 170 valence electrons. The molecular weight excluding hydrogens is 399 g/mol. The number of aliphatic hydroxyl groups excluding tert-OH is 1. The van der Waals surface area contributed by atoms with Gasteiger partial charge < -0.3 is 20.6 Å². The zero-order chi connectivity index (χ0) is 22.1. The number of rotatable bonds is 4. The number of halogens is 1. The minimum atomic E-state index is -0.441. The third-order valence-corrected chi connectivity index (χ3v) is 7.15. The minimum absolute atomic E-state index is 0.00391. The largest absolute Gasteiger partial charge is 0.394 e. The van der Waals surface area contributed by atoms with Gasteiger partial charge in [-0.15, -0.1) is 0 Å².